The van der Waals surface area contributed by atoms with Crippen LogP contribution in [0.25, 0.3) is 10.9 Å². The molecule has 1 aromatic carbocycles. The van der Waals surface area contributed by atoms with E-state index >= 15 is 0 Å². The number of carbonyl (C=O) groups excluding carboxylic acids is 1. The van der Waals surface area contributed by atoms with Crippen LogP contribution in [-0.2, 0) is 0 Å². The first-order chi connectivity index (χ1) is 6.61. The maximum Gasteiger partial charge on any atom is 0.227 e. The summed E-state index contributed by atoms with van der Waals surface area (Å²) in [5.41, 5.74) is 0.784. The van der Waals surface area contributed by atoms with Crippen LogP contribution in [0.1, 0.15) is 11.7 Å². The summed E-state index contributed by atoms with van der Waals surface area (Å²) < 4.78 is 1.54. The SMILES string of the molecule is CC(=O)n1ccc2c(Cl)c(Cl)ccc21. The minimum atomic E-state index is -0.0432. The highest BCUT2D eigenvalue weighted by molar-refractivity contribution is 6.45. The molecule has 2 nitrogen and oxygen atoms in total. The number of rotatable bonds is 0. The van der Waals surface area contributed by atoms with Gasteiger partial charge in [-0.2, -0.15) is 0 Å². The Morgan fingerprint density at radius 3 is 2.64 bits per heavy atom. The van der Waals surface area contributed by atoms with E-state index in [1.54, 1.807) is 24.4 Å². The monoisotopic (exact) mass is 227 g/mol. The molecule has 0 fully saturated rings. The van der Waals surface area contributed by atoms with Gasteiger partial charge in [0.05, 0.1) is 15.6 Å². The van der Waals surface area contributed by atoms with Crippen molar-refractivity contribution < 1.29 is 4.79 Å². The normalized spacial score (nSPS) is 10.8. The molecule has 0 N–H and O–H groups in total. The number of benzene rings is 1. The van der Waals surface area contributed by atoms with Crippen molar-refractivity contribution in [3.8, 4) is 0 Å². The zero-order chi connectivity index (χ0) is 10.3. The summed E-state index contributed by atoms with van der Waals surface area (Å²) in [6.45, 7) is 1.50. The van der Waals surface area contributed by atoms with Crippen molar-refractivity contribution in [2.24, 2.45) is 0 Å². The lowest BCUT2D eigenvalue weighted by atomic mass is 10.2. The Kier molecular flexibility index (Phi) is 2.25. The van der Waals surface area contributed by atoms with E-state index in [-0.39, 0.29) is 5.91 Å². The molecule has 0 spiro atoms. The van der Waals surface area contributed by atoms with Crippen molar-refractivity contribution in [2.75, 3.05) is 0 Å². The fraction of sp³-hybridized carbons (Fsp3) is 0.100. The van der Waals surface area contributed by atoms with Crippen LogP contribution in [0.4, 0.5) is 0 Å². The number of hydrogen-bond acceptors (Lipinski definition) is 1. The molecule has 72 valence electrons. The van der Waals surface area contributed by atoms with Crippen molar-refractivity contribution in [1.82, 2.24) is 4.57 Å². The Morgan fingerprint density at radius 2 is 2.00 bits per heavy atom. The summed E-state index contributed by atoms with van der Waals surface area (Å²) in [5, 5.41) is 1.79. The Balaban J connectivity index is 2.83. The maximum absolute atomic E-state index is 11.2. The molecular formula is C10H7Cl2NO. The number of aromatic nitrogens is 1. The van der Waals surface area contributed by atoms with Crippen LogP contribution in [0.2, 0.25) is 10.0 Å². The van der Waals surface area contributed by atoms with Crippen LogP contribution in [0.5, 0.6) is 0 Å². The van der Waals surface area contributed by atoms with E-state index in [0.29, 0.717) is 10.0 Å². The van der Waals surface area contributed by atoms with Gasteiger partial charge >= 0.3 is 0 Å². The number of carbonyl (C=O) groups is 1. The van der Waals surface area contributed by atoms with Gasteiger partial charge < -0.3 is 0 Å². The lowest BCUT2D eigenvalue weighted by Gasteiger charge is -2.01. The van der Waals surface area contributed by atoms with Crippen molar-refractivity contribution in [1.29, 1.82) is 0 Å². The van der Waals surface area contributed by atoms with E-state index in [4.69, 9.17) is 23.2 Å². The molecule has 1 aromatic heterocycles. The van der Waals surface area contributed by atoms with Gasteiger partial charge in [-0.1, -0.05) is 23.2 Å². The molecule has 2 rings (SSSR count). The Bertz CT molecular complexity index is 516. The average molecular weight is 228 g/mol. The second kappa shape index (κ2) is 3.30. The minimum absolute atomic E-state index is 0.0432. The lowest BCUT2D eigenvalue weighted by Crippen LogP contribution is -2.02. The molecule has 0 bridgehead atoms. The van der Waals surface area contributed by atoms with Gasteiger partial charge in [-0.3, -0.25) is 9.36 Å². The molecule has 0 aliphatic rings. The van der Waals surface area contributed by atoms with Gasteiger partial charge in [-0.25, -0.2) is 0 Å². The molecule has 1 heterocycles. The van der Waals surface area contributed by atoms with Crippen LogP contribution >= 0.6 is 23.2 Å². The Labute approximate surface area is 91.0 Å². The molecule has 0 amide bonds. The molecule has 4 heteroatoms. The summed E-state index contributed by atoms with van der Waals surface area (Å²) >= 11 is 11.8. The van der Waals surface area contributed by atoms with Crippen molar-refractivity contribution in [3.63, 3.8) is 0 Å². The predicted molar refractivity (Wildman–Crippen MR) is 58.3 cm³/mol. The third-order valence-electron chi connectivity index (χ3n) is 2.10. The highest BCUT2D eigenvalue weighted by atomic mass is 35.5. The summed E-state index contributed by atoms with van der Waals surface area (Å²) in [5.74, 6) is -0.0432. The van der Waals surface area contributed by atoms with Gasteiger partial charge in [0.25, 0.3) is 0 Å². The lowest BCUT2D eigenvalue weighted by molar-refractivity contribution is 0.0941. The first kappa shape index (κ1) is 9.56. The summed E-state index contributed by atoms with van der Waals surface area (Å²) in [4.78, 5) is 11.2. The second-order valence-corrected chi connectivity index (χ2v) is 3.78. The third kappa shape index (κ3) is 1.31. The van der Waals surface area contributed by atoms with Crippen molar-refractivity contribution in [2.45, 2.75) is 6.92 Å². The van der Waals surface area contributed by atoms with Crippen LogP contribution in [0.3, 0.4) is 0 Å². The molecule has 0 atom stereocenters. The molecule has 0 aliphatic carbocycles. The standard InChI is InChI=1S/C10H7Cl2NO/c1-6(14)13-5-4-7-9(13)3-2-8(11)10(7)12/h2-5H,1H3. The second-order valence-electron chi connectivity index (χ2n) is 3.00. The molecule has 0 aliphatic heterocycles. The largest absolute Gasteiger partial charge is 0.287 e. The van der Waals surface area contributed by atoms with Crippen LogP contribution in [-0.4, -0.2) is 10.5 Å². The molecular weight excluding hydrogens is 221 g/mol. The number of nitrogens with zero attached hydrogens (tertiary/aromatic N) is 1. The summed E-state index contributed by atoms with van der Waals surface area (Å²) in [7, 11) is 0. The first-order valence-electron chi connectivity index (χ1n) is 4.07. The number of fused-ring (bicyclic) bond motifs is 1. The van der Waals surface area contributed by atoms with E-state index in [1.807, 2.05) is 0 Å². The summed E-state index contributed by atoms with van der Waals surface area (Å²) in [6.07, 6.45) is 1.69. The molecule has 0 saturated carbocycles. The summed E-state index contributed by atoms with van der Waals surface area (Å²) in [6, 6.07) is 5.25. The van der Waals surface area contributed by atoms with Gasteiger partial charge in [0.1, 0.15) is 0 Å². The van der Waals surface area contributed by atoms with E-state index in [0.717, 1.165) is 10.9 Å². The van der Waals surface area contributed by atoms with Crippen LogP contribution in [0.15, 0.2) is 24.4 Å². The zero-order valence-electron chi connectivity index (χ0n) is 7.42. The van der Waals surface area contributed by atoms with Gasteiger partial charge in [0.2, 0.25) is 5.91 Å². The number of halogens is 2. The van der Waals surface area contributed by atoms with E-state index in [1.165, 1.54) is 11.5 Å². The quantitative estimate of drug-likeness (QED) is 0.675. The fourth-order valence-corrected chi connectivity index (χ4v) is 1.82. The van der Waals surface area contributed by atoms with Crippen LogP contribution in [0, 0.1) is 0 Å². The highest BCUT2D eigenvalue weighted by Crippen LogP contribution is 2.31. The molecule has 0 unspecified atom stereocenters. The van der Waals surface area contributed by atoms with Gasteiger partial charge in [0, 0.05) is 18.5 Å². The van der Waals surface area contributed by atoms with Crippen molar-refractivity contribution >= 4 is 40.0 Å². The molecule has 0 radical (unpaired) electrons. The molecule has 2 aromatic rings. The first-order valence-corrected chi connectivity index (χ1v) is 4.83. The van der Waals surface area contributed by atoms with E-state index < -0.39 is 0 Å². The average Bonchev–Trinajstić information content (AvgIpc) is 2.55. The third-order valence-corrected chi connectivity index (χ3v) is 2.92. The highest BCUT2D eigenvalue weighted by Gasteiger charge is 2.09. The van der Waals surface area contributed by atoms with Gasteiger partial charge in [-0.15, -0.1) is 0 Å². The fourth-order valence-electron chi connectivity index (χ4n) is 1.43. The van der Waals surface area contributed by atoms with Crippen LogP contribution < -0.4 is 0 Å². The number of hydrogen-bond donors (Lipinski definition) is 0. The van der Waals surface area contributed by atoms with Crippen molar-refractivity contribution in [3.05, 3.63) is 34.4 Å². The molecule has 14 heavy (non-hydrogen) atoms. The Morgan fingerprint density at radius 1 is 1.29 bits per heavy atom. The van der Waals surface area contributed by atoms with Gasteiger partial charge in [0.15, 0.2) is 0 Å². The zero-order valence-corrected chi connectivity index (χ0v) is 8.93. The van der Waals surface area contributed by atoms with E-state index in [2.05, 4.69) is 0 Å². The topological polar surface area (TPSA) is 22.0 Å². The minimum Gasteiger partial charge on any atom is -0.287 e. The molecule has 0 saturated heterocycles. The van der Waals surface area contributed by atoms with Gasteiger partial charge in [-0.05, 0) is 18.2 Å². The Hall–Kier alpha value is -0.990. The predicted octanol–water partition coefficient (Wildman–Crippen LogP) is 3.61. The smallest absolute Gasteiger partial charge is 0.227 e. The van der Waals surface area contributed by atoms with E-state index in [9.17, 15) is 4.79 Å². The maximum atomic E-state index is 11.2.